The number of nitrogens with zero attached hydrogens (tertiary/aromatic N) is 2. The molecule has 0 saturated heterocycles. The van der Waals surface area contributed by atoms with Crippen LogP contribution in [0.1, 0.15) is 12.5 Å². The van der Waals surface area contributed by atoms with Crippen molar-refractivity contribution >= 4 is 0 Å². The van der Waals surface area contributed by atoms with E-state index in [-0.39, 0.29) is 0 Å². The minimum absolute atomic E-state index is 1.06. The smallest absolute Gasteiger partial charge is 0.128 e. The normalized spacial score (nSPS) is 10.4. The van der Waals surface area contributed by atoms with Gasteiger partial charge in [0.1, 0.15) is 5.69 Å². The Labute approximate surface area is 84.4 Å². The lowest BCUT2D eigenvalue weighted by molar-refractivity contribution is -0.744. The van der Waals surface area contributed by atoms with Crippen LogP contribution in [-0.2, 0) is 13.5 Å². The van der Waals surface area contributed by atoms with E-state index in [0.717, 1.165) is 6.42 Å². The van der Waals surface area contributed by atoms with Gasteiger partial charge in [-0.2, -0.15) is 0 Å². The van der Waals surface area contributed by atoms with E-state index >= 15 is 0 Å². The van der Waals surface area contributed by atoms with Gasteiger partial charge < -0.3 is 0 Å². The third-order valence-corrected chi connectivity index (χ3v) is 2.49. The van der Waals surface area contributed by atoms with E-state index in [1.165, 1.54) is 11.3 Å². The Morgan fingerprint density at radius 3 is 2.64 bits per heavy atom. The quantitative estimate of drug-likeness (QED) is 0.635. The van der Waals surface area contributed by atoms with Crippen molar-refractivity contribution in [3.63, 3.8) is 0 Å². The molecule has 0 unspecified atom stereocenters. The number of aromatic nitrogens is 2. The highest BCUT2D eigenvalue weighted by molar-refractivity contribution is 5.39. The summed E-state index contributed by atoms with van der Waals surface area (Å²) in [6.45, 7) is 2.18. The predicted octanol–water partition coefficient (Wildman–Crippen LogP) is 1.86. The first kappa shape index (κ1) is 9.00. The van der Waals surface area contributed by atoms with Crippen molar-refractivity contribution in [1.82, 2.24) is 4.68 Å². The number of aryl methyl sites for hydroxylation is 2. The zero-order valence-corrected chi connectivity index (χ0v) is 8.64. The maximum Gasteiger partial charge on any atom is 0.195 e. The van der Waals surface area contributed by atoms with Gasteiger partial charge >= 0.3 is 0 Å². The molecular formula is C12H15N2+. The first-order valence-corrected chi connectivity index (χ1v) is 4.94. The molecule has 1 heterocycles. The Kier molecular flexibility index (Phi) is 2.35. The van der Waals surface area contributed by atoms with Crippen LogP contribution in [0, 0.1) is 0 Å². The van der Waals surface area contributed by atoms with Crippen molar-refractivity contribution in [2.24, 2.45) is 7.05 Å². The zero-order chi connectivity index (χ0) is 9.97. The van der Waals surface area contributed by atoms with E-state index in [1.807, 2.05) is 19.3 Å². The monoisotopic (exact) mass is 187 g/mol. The zero-order valence-electron chi connectivity index (χ0n) is 8.64. The summed E-state index contributed by atoms with van der Waals surface area (Å²) in [6, 6.07) is 10.5. The summed E-state index contributed by atoms with van der Waals surface area (Å²) in [7, 11) is 2.05. The second-order valence-corrected chi connectivity index (χ2v) is 3.39. The minimum atomic E-state index is 1.06. The second kappa shape index (κ2) is 3.66. The molecule has 0 aliphatic rings. The molecule has 0 atom stereocenters. The average molecular weight is 187 g/mol. The third-order valence-electron chi connectivity index (χ3n) is 2.49. The lowest BCUT2D eigenvalue weighted by Crippen LogP contribution is -2.37. The largest absolute Gasteiger partial charge is 0.195 e. The highest BCUT2D eigenvalue weighted by Gasteiger charge is 2.07. The van der Waals surface area contributed by atoms with Gasteiger partial charge in [0, 0.05) is 6.07 Å². The maximum absolute atomic E-state index is 2.18. The number of para-hydroxylation sites is 1. The Hall–Kier alpha value is -1.57. The minimum Gasteiger partial charge on any atom is -0.128 e. The van der Waals surface area contributed by atoms with Gasteiger partial charge in [-0.25, -0.2) is 0 Å². The van der Waals surface area contributed by atoms with Crippen LogP contribution < -0.4 is 4.68 Å². The summed E-state index contributed by atoms with van der Waals surface area (Å²) in [5, 5.41) is 0. The maximum atomic E-state index is 2.18. The first-order valence-electron chi connectivity index (χ1n) is 4.94. The van der Waals surface area contributed by atoms with Gasteiger partial charge in [-0.3, -0.25) is 0 Å². The molecule has 0 saturated carbocycles. The van der Waals surface area contributed by atoms with Crippen molar-refractivity contribution in [2.75, 3.05) is 0 Å². The molecule has 1 aromatic heterocycles. The van der Waals surface area contributed by atoms with Crippen LogP contribution in [0.4, 0.5) is 0 Å². The lowest BCUT2D eigenvalue weighted by Gasteiger charge is -2.05. The summed E-state index contributed by atoms with van der Waals surface area (Å²) < 4.78 is 4.23. The number of benzene rings is 1. The van der Waals surface area contributed by atoms with Gasteiger partial charge in [0.25, 0.3) is 0 Å². The predicted molar refractivity (Wildman–Crippen MR) is 56.3 cm³/mol. The van der Waals surface area contributed by atoms with Gasteiger partial charge in [0.05, 0.1) is 6.20 Å². The molecular weight excluding hydrogens is 172 g/mol. The molecule has 2 heteroatoms. The van der Waals surface area contributed by atoms with Crippen LogP contribution in [-0.4, -0.2) is 4.68 Å². The fraction of sp³-hybridized carbons (Fsp3) is 0.250. The van der Waals surface area contributed by atoms with Crippen LogP contribution in [0.5, 0.6) is 0 Å². The molecule has 0 radical (unpaired) electrons. The molecule has 1 aromatic carbocycles. The molecule has 0 bridgehead atoms. The van der Waals surface area contributed by atoms with E-state index in [4.69, 9.17) is 0 Å². The Balaban J connectivity index is 2.56. The topological polar surface area (TPSA) is 8.81 Å². The van der Waals surface area contributed by atoms with Crippen molar-refractivity contribution in [3.05, 3.63) is 48.3 Å². The molecule has 14 heavy (non-hydrogen) atoms. The molecule has 0 N–H and O–H groups in total. The van der Waals surface area contributed by atoms with Gasteiger partial charge in [-0.1, -0.05) is 25.1 Å². The van der Waals surface area contributed by atoms with Gasteiger partial charge in [-0.15, -0.1) is 9.36 Å². The van der Waals surface area contributed by atoms with Crippen molar-refractivity contribution in [3.8, 4) is 5.69 Å². The summed E-state index contributed by atoms with van der Waals surface area (Å²) in [4.78, 5) is 0. The van der Waals surface area contributed by atoms with Gasteiger partial charge in [0.15, 0.2) is 13.2 Å². The standard InChI is InChI=1S/C12H15N2/c1-3-11-7-4-5-8-12(11)14-10-6-9-13(14)2/h4-10H,3H2,1-2H3/q+1. The van der Waals surface area contributed by atoms with E-state index in [2.05, 4.69) is 46.7 Å². The summed E-state index contributed by atoms with van der Waals surface area (Å²) >= 11 is 0. The third kappa shape index (κ3) is 1.43. The number of hydrogen-bond donors (Lipinski definition) is 0. The summed E-state index contributed by atoms with van der Waals surface area (Å²) in [5.41, 5.74) is 2.64. The van der Waals surface area contributed by atoms with Crippen LogP contribution in [0.25, 0.3) is 5.69 Å². The fourth-order valence-electron chi connectivity index (χ4n) is 1.71. The second-order valence-electron chi connectivity index (χ2n) is 3.39. The summed E-state index contributed by atoms with van der Waals surface area (Å²) in [6.07, 6.45) is 5.19. The molecule has 0 spiro atoms. The molecule has 0 fully saturated rings. The highest BCUT2D eigenvalue weighted by Crippen LogP contribution is 2.12. The highest BCUT2D eigenvalue weighted by atomic mass is 15.4. The Morgan fingerprint density at radius 2 is 2.00 bits per heavy atom. The molecule has 0 aliphatic carbocycles. The van der Waals surface area contributed by atoms with Crippen LogP contribution in [0.2, 0.25) is 0 Å². The van der Waals surface area contributed by atoms with E-state index < -0.39 is 0 Å². The molecule has 2 aromatic rings. The SMILES string of the molecule is CCc1ccccc1-n1ccc[n+]1C. The number of rotatable bonds is 2. The fourth-order valence-corrected chi connectivity index (χ4v) is 1.71. The molecule has 0 amide bonds. The summed E-state index contributed by atoms with van der Waals surface area (Å²) in [5.74, 6) is 0. The van der Waals surface area contributed by atoms with Gasteiger partial charge in [-0.05, 0) is 18.1 Å². The lowest BCUT2D eigenvalue weighted by atomic mass is 10.1. The van der Waals surface area contributed by atoms with Crippen LogP contribution in [0.3, 0.4) is 0 Å². The van der Waals surface area contributed by atoms with Crippen molar-refractivity contribution in [2.45, 2.75) is 13.3 Å². The van der Waals surface area contributed by atoms with E-state index in [0.29, 0.717) is 0 Å². The van der Waals surface area contributed by atoms with Gasteiger partial charge in [0.2, 0.25) is 0 Å². The van der Waals surface area contributed by atoms with Crippen molar-refractivity contribution in [1.29, 1.82) is 0 Å². The average Bonchev–Trinajstić information content (AvgIpc) is 2.64. The molecule has 2 rings (SSSR count). The Morgan fingerprint density at radius 1 is 1.21 bits per heavy atom. The first-order chi connectivity index (χ1) is 6.83. The number of hydrogen-bond acceptors (Lipinski definition) is 0. The molecule has 2 nitrogen and oxygen atoms in total. The van der Waals surface area contributed by atoms with E-state index in [1.54, 1.807) is 0 Å². The van der Waals surface area contributed by atoms with Crippen LogP contribution in [0.15, 0.2) is 42.7 Å². The molecule has 0 aliphatic heterocycles. The van der Waals surface area contributed by atoms with Crippen molar-refractivity contribution < 1.29 is 4.68 Å². The molecule has 72 valence electrons. The van der Waals surface area contributed by atoms with E-state index in [9.17, 15) is 0 Å². The van der Waals surface area contributed by atoms with Crippen LogP contribution >= 0.6 is 0 Å². The Bertz CT molecular complexity index is 429.